The molecule has 25 heavy (non-hydrogen) atoms. The van der Waals surface area contributed by atoms with Gasteiger partial charge < -0.3 is 9.15 Å². The topological polar surface area (TPSA) is 56.5 Å². The molecule has 0 aliphatic carbocycles. The van der Waals surface area contributed by atoms with Crippen molar-refractivity contribution < 1.29 is 18.3 Å². The molecule has 0 saturated heterocycles. The lowest BCUT2D eigenvalue weighted by molar-refractivity contribution is -0.141. The van der Waals surface area contributed by atoms with Crippen molar-refractivity contribution >= 4 is 28.7 Å². The summed E-state index contributed by atoms with van der Waals surface area (Å²) in [5.74, 6) is -0.872. The zero-order valence-electron chi connectivity index (χ0n) is 13.5. The summed E-state index contributed by atoms with van der Waals surface area (Å²) in [6.07, 6.45) is 0. The monoisotopic (exact) mass is 358 g/mol. The Balaban J connectivity index is 1.67. The first-order chi connectivity index (χ1) is 12.0. The average molecular weight is 358 g/mol. The molecular weight excluding hydrogens is 343 g/mol. The second-order valence-electron chi connectivity index (χ2n) is 5.47. The third kappa shape index (κ3) is 4.28. The molecule has 2 aromatic carbocycles. The lowest BCUT2D eigenvalue weighted by Gasteiger charge is -2.08. The second kappa shape index (κ2) is 7.53. The largest absolute Gasteiger partial charge is 0.460 e. The summed E-state index contributed by atoms with van der Waals surface area (Å²) >= 11 is 1.07. The van der Waals surface area contributed by atoms with Gasteiger partial charge in [0.05, 0.1) is 5.75 Å². The molecule has 4 nitrogen and oxygen atoms in total. The van der Waals surface area contributed by atoms with Crippen molar-refractivity contribution in [1.29, 1.82) is 0 Å². The minimum atomic E-state index is -0.495. The lowest BCUT2D eigenvalue weighted by atomic mass is 10.1. The molecule has 128 valence electrons. The van der Waals surface area contributed by atoms with Crippen LogP contribution in [0.2, 0.25) is 0 Å². The summed E-state index contributed by atoms with van der Waals surface area (Å²) in [4.78, 5) is 24.0. The predicted molar refractivity (Wildman–Crippen MR) is 94.1 cm³/mol. The molecule has 0 spiro atoms. The van der Waals surface area contributed by atoms with Crippen LogP contribution in [-0.4, -0.2) is 11.7 Å². The van der Waals surface area contributed by atoms with Gasteiger partial charge in [0.1, 0.15) is 18.0 Å². The first-order valence-corrected chi connectivity index (χ1v) is 8.58. The number of carbonyl (C=O) groups is 1. The summed E-state index contributed by atoms with van der Waals surface area (Å²) in [5, 5.41) is 0.722. The highest BCUT2D eigenvalue weighted by Crippen LogP contribution is 2.22. The van der Waals surface area contributed by atoms with Crippen molar-refractivity contribution in [1.82, 2.24) is 0 Å². The maximum atomic E-state index is 13.5. The van der Waals surface area contributed by atoms with Gasteiger partial charge in [-0.15, -0.1) is 11.8 Å². The second-order valence-corrected chi connectivity index (χ2v) is 6.49. The van der Waals surface area contributed by atoms with Crippen molar-refractivity contribution in [3.05, 3.63) is 75.9 Å². The average Bonchev–Trinajstić information content (AvgIpc) is 2.58. The van der Waals surface area contributed by atoms with Crippen molar-refractivity contribution in [3.8, 4) is 0 Å². The number of ether oxygens (including phenoxy) is 1. The molecule has 6 heteroatoms. The van der Waals surface area contributed by atoms with Gasteiger partial charge in [0.2, 0.25) is 0 Å². The molecule has 0 aliphatic heterocycles. The summed E-state index contributed by atoms with van der Waals surface area (Å²) in [6.45, 7) is 1.86. The number of esters is 1. The number of aryl methyl sites for hydroxylation is 1. The number of carbonyl (C=O) groups excluding carboxylic acids is 1. The van der Waals surface area contributed by atoms with Crippen LogP contribution >= 0.6 is 11.8 Å². The van der Waals surface area contributed by atoms with E-state index in [1.54, 1.807) is 24.3 Å². The molecule has 0 atom stereocenters. The van der Waals surface area contributed by atoms with Gasteiger partial charge in [-0.1, -0.05) is 24.3 Å². The zero-order valence-corrected chi connectivity index (χ0v) is 14.3. The van der Waals surface area contributed by atoms with E-state index in [1.165, 1.54) is 12.1 Å². The third-order valence-electron chi connectivity index (χ3n) is 3.56. The Hall–Kier alpha value is -2.60. The van der Waals surface area contributed by atoms with Crippen molar-refractivity contribution in [2.24, 2.45) is 0 Å². The number of hydrogen-bond acceptors (Lipinski definition) is 5. The third-order valence-corrected chi connectivity index (χ3v) is 4.58. The Kier molecular flexibility index (Phi) is 5.19. The van der Waals surface area contributed by atoms with Crippen molar-refractivity contribution in [2.45, 2.75) is 18.4 Å². The number of hydrogen-bond donors (Lipinski definition) is 0. The predicted octanol–water partition coefficient (Wildman–Crippen LogP) is 4.08. The fraction of sp³-hybridized carbons (Fsp3) is 0.158. The highest BCUT2D eigenvalue weighted by Gasteiger charge is 2.11. The maximum Gasteiger partial charge on any atom is 0.336 e. The van der Waals surface area contributed by atoms with Crippen LogP contribution in [0.1, 0.15) is 11.1 Å². The van der Waals surface area contributed by atoms with Crippen LogP contribution in [0.5, 0.6) is 0 Å². The smallest absolute Gasteiger partial charge is 0.336 e. The quantitative estimate of drug-likeness (QED) is 0.391. The van der Waals surface area contributed by atoms with E-state index in [1.807, 2.05) is 19.1 Å². The van der Waals surface area contributed by atoms with Gasteiger partial charge >= 0.3 is 11.6 Å². The van der Waals surface area contributed by atoms with Crippen LogP contribution in [0.15, 0.2) is 62.6 Å². The normalized spacial score (nSPS) is 10.8. The molecule has 0 aliphatic rings. The molecule has 0 N–H and O–H groups in total. The van der Waals surface area contributed by atoms with Crippen molar-refractivity contribution in [3.63, 3.8) is 0 Å². The standard InChI is InChI=1S/C19H15FO4S/c1-12-6-7-14-13(9-18(21)24-16(14)8-12)10-23-19(22)11-25-17-5-3-2-4-15(17)20/h2-9H,10-11H2,1H3. The highest BCUT2D eigenvalue weighted by molar-refractivity contribution is 8.00. The number of halogens is 1. The molecule has 0 fully saturated rings. The van der Waals surface area contributed by atoms with E-state index in [4.69, 9.17) is 9.15 Å². The summed E-state index contributed by atoms with van der Waals surface area (Å²) in [6, 6.07) is 13.0. The van der Waals surface area contributed by atoms with Gasteiger partial charge in [-0.3, -0.25) is 4.79 Å². The maximum absolute atomic E-state index is 13.5. The van der Waals surface area contributed by atoms with Crippen LogP contribution in [-0.2, 0) is 16.1 Å². The fourth-order valence-corrected chi connectivity index (χ4v) is 3.09. The molecular formula is C19H15FO4S. The van der Waals surface area contributed by atoms with E-state index in [9.17, 15) is 14.0 Å². The summed E-state index contributed by atoms with van der Waals surface area (Å²) in [7, 11) is 0. The van der Waals surface area contributed by atoms with Gasteiger partial charge in [-0.05, 0) is 30.7 Å². The van der Waals surface area contributed by atoms with Gasteiger partial charge in [-0.25, -0.2) is 9.18 Å². The fourth-order valence-electron chi connectivity index (χ4n) is 2.35. The molecule has 0 unspecified atom stereocenters. The number of benzene rings is 2. The molecule has 0 saturated carbocycles. The van der Waals surface area contributed by atoms with Gasteiger partial charge in [0.15, 0.2) is 0 Å². The first-order valence-electron chi connectivity index (χ1n) is 7.59. The number of rotatable bonds is 5. The van der Waals surface area contributed by atoms with Crippen LogP contribution < -0.4 is 5.63 Å². The minimum Gasteiger partial charge on any atom is -0.460 e. The minimum absolute atomic E-state index is 0.0145. The molecule has 1 heterocycles. The molecule has 3 rings (SSSR count). The first kappa shape index (κ1) is 17.2. The molecule has 0 bridgehead atoms. The van der Waals surface area contributed by atoms with Gasteiger partial charge in [0, 0.05) is 21.9 Å². The van der Waals surface area contributed by atoms with E-state index in [-0.39, 0.29) is 18.2 Å². The zero-order chi connectivity index (χ0) is 17.8. The van der Waals surface area contributed by atoms with Crippen molar-refractivity contribution in [2.75, 3.05) is 5.75 Å². The number of fused-ring (bicyclic) bond motifs is 1. The Morgan fingerprint density at radius 1 is 1.20 bits per heavy atom. The van der Waals surface area contributed by atoms with E-state index < -0.39 is 11.6 Å². The number of thioether (sulfide) groups is 1. The van der Waals surface area contributed by atoms with Gasteiger partial charge in [-0.2, -0.15) is 0 Å². The molecule has 3 aromatic rings. The lowest BCUT2D eigenvalue weighted by Crippen LogP contribution is -2.09. The van der Waals surface area contributed by atoms with E-state index >= 15 is 0 Å². The van der Waals surface area contributed by atoms with Crippen LogP contribution in [0, 0.1) is 12.7 Å². The molecule has 0 amide bonds. The molecule has 0 radical (unpaired) electrons. The van der Waals surface area contributed by atoms with Gasteiger partial charge in [0.25, 0.3) is 0 Å². The van der Waals surface area contributed by atoms with E-state index in [2.05, 4.69) is 0 Å². The van der Waals surface area contributed by atoms with E-state index in [0.717, 1.165) is 22.7 Å². The Labute approximate surface area is 147 Å². The Morgan fingerprint density at radius 3 is 2.80 bits per heavy atom. The summed E-state index contributed by atoms with van der Waals surface area (Å²) < 4.78 is 23.9. The molecule has 1 aromatic heterocycles. The van der Waals surface area contributed by atoms with Crippen LogP contribution in [0.3, 0.4) is 0 Å². The van der Waals surface area contributed by atoms with E-state index in [0.29, 0.717) is 16.0 Å². The Bertz CT molecular complexity index is 981. The van der Waals surface area contributed by atoms with Crippen LogP contribution in [0.4, 0.5) is 4.39 Å². The highest BCUT2D eigenvalue weighted by atomic mass is 32.2. The summed E-state index contributed by atoms with van der Waals surface area (Å²) in [5.41, 5.74) is 1.51. The van der Waals surface area contributed by atoms with Crippen LogP contribution in [0.25, 0.3) is 11.0 Å². The Morgan fingerprint density at radius 2 is 2.00 bits per heavy atom. The SMILES string of the molecule is Cc1ccc2c(COC(=O)CSc3ccccc3F)cc(=O)oc2c1.